The quantitative estimate of drug-likeness (QED) is 0.208. The molecule has 0 saturated heterocycles. The van der Waals surface area contributed by atoms with Gasteiger partial charge in [0.15, 0.2) is 6.61 Å². The maximum Gasteiger partial charge on any atom is 0.456 e. The summed E-state index contributed by atoms with van der Waals surface area (Å²) in [5, 5.41) is 0. The summed E-state index contributed by atoms with van der Waals surface area (Å²) in [5.74, 6) is -8.27. The molecule has 0 unspecified atom stereocenters. The lowest BCUT2D eigenvalue weighted by Crippen LogP contribution is -2.41. The third-order valence-electron chi connectivity index (χ3n) is 2.12. The minimum absolute atomic E-state index is 0.265. The van der Waals surface area contributed by atoms with Gasteiger partial charge in [-0.15, -0.1) is 0 Å². The largest absolute Gasteiger partial charge is 0.462 e. The van der Waals surface area contributed by atoms with Gasteiger partial charge in [-0.2, -0.15) is 22.0 Å². The van der Waals surface area contributed by atoms with Crippen LogP contribution in [0.2, 0.25) is 0 Å². The third-order valence-corrected chi connectivity index (χ3v) is 2.12. The molecule has 0 aromatic rings. The van der Waals surface area contributed by atoms with Crippen molar-refractivity contribution in [1.82, 2.24) is 0 Å². The number of esters is 3. The second kappa shape index (κ2) is 9.06. The summed E-state index contributed by atoms with van der Waals surface area (Å²) >= 11 is 0. The van der Waals surface area contributed by atoms with Gasteiger partial charge in [-0.05, 0) is 0 Å². The van der Waals surface area contributed by atoms with Crippen molar-refractivity contribution in [1.29, 1.82) is 0 Å². The van der Waals surface area contributed by atoms with E-state index in [1.54, 1.807) is 0 Å². The summed E-state index contributed by atoms with van der Waals surface area (Å²) in [7, 11) is 0. The predicted octanol–water partition coefficient (Wildman–Crippen LogP) is 1.78. The highest BCUT2D eigenvalue weighted by Gasteiger charge is 2.58. The summed E-state index contributed by atoms with van der Waals surface area (Å²) < 4.78 is 73.0. The van der Waals surface area contributed by atoms with Crippen molar-refractivity contribution in [3.63, 3.8) is 0 Å². The third kappa shape index (κ3) is 8.73. The molecule has 0 atom stereocenters. The van der Waals surface area contributed by atoms with Gasteiger partial charge in [-0.25, -0.2) is 4.79 Å². The van der Waals surface area contributed by atoms with Crippen molar-refractivity contribution in [3.8, 4) is 0 Å². The number of hydrogen-bond donors (Lipinski definition) is 0. The molecule has 0 aliphatic carbocycles. The summed E-state index contributed by atoms with van der Waals surface area (Å²) in [6, 6.07) is 0. The van der Waals surface area contributed by atoms with Crippen LogP contribution < -0.4 is 0 Å². The number of rotatable bonds is 9. The van der Waals surface area contributed by atoms with Gasteiger partial charge >= 0.3 is 30.0 Å². The summed E-state index contributed by atoms with van der Waals surface area (Å²) in [6.45, 7) is 0.366. The van der Waals surface area contributed by atoms with E-state index < -0.39 is 49.5 Å². The average Bonchev–Trinajstić information content (AvgIpc) is 2.46. The Kier molecular flexibility index (Phi) is 8.19. The topological polar surface area (TPSA) is 78.9 Å². The number of hydrogen-bond acceptors (Lipinski definition) is 6. The van der Waals surface area contributed by atoms with Gasteiger partial charge in [-0.1, -0.05) is 6.58 Å². The van der Waals surface area contributed by atoms with Crippen LogP contribution in [0.15, 0.2) is 12.7 Å². The summed E-state index contributed by atoms with van der Waals surface area (Å²) in [6.07, 6.45) is -6.28. The van der Waals surface area contributed by atoms with Gasteiger partial charge in [0, 0.05) is 6.08 Å². The summed E-state index contributed by atoms with van der Waals surface area (Å²) in [5.41, 5.74) is 0. The number of carbonyl (C=O) groups excluding carboxylic acids is 3. The number of ether oxygens (including phenoxy) is 3. The highest BCUT2D eigenvalue weighted by atomic mass is 19.4. The van der Waals surface area contributed by atoms with E-state index in [2.05, 4.69) is 20.8 Å². The molecule has 11 heteroatoms. The molecule has 0 bridgehead atoms. The Hall–Kier alpha value is -2.20. The zero-order chi connectivity index (χ0) is 18.1. The highest BCUT2D eigenvalue weighted by Crippen LogP contribution is 2.35. The van der Waals surface area contributed by atoms with Crippen molar-refractivity contribution in [2.45, 2.75) is 24.9 Å². The normalized spacial score (nSPS) is 11.5. The number of alkyl halides is 5. The van der Waals surface area contributed by atoms with Gasteiger partial charge in [0.05, 0.1) is 12.8 Å². The van der Waals surface area contributed by atoms with Crippen LogP contribution in [-0.2, 0) is 28.6 Å². The van der Waals surface area contributed by atoms with Crippen LogP contribution in [0.3, 0.4) is 0 Å². The van der Waals surface area contributed by atoms with E-state index in [-0.39, 0.29) is 13.2 Å². The van der Waals surface area contributed by atoms with Crippen LogP contribution in [0, 0.1) is 0 Å². The Morgan fingerprint density at radius 2 is 1.35 bits per heavy atom. The Morgan fingerprint density at radius 3 is 1.83 bits per heavy atom. The zero-order valence-electron chi connectivity index (χ0n) is 11.7. The fourth-order valence-corrected chi connectivity index (χ4v) is 0.958. The van der Waals surface area contributed by atoms with Crippen molar-refractivity contribution in [2.75, 3.05) is 19.8 Å². The van der Waals surface area contributed by atoms with E-state index in [1.807, 2.05) is 0 Å². The minimum Gasteiger partial charge on any atom is -0.462 e. The van der Waals surface area contributed by atoms with Crippen LogP contribution in [0.5, 0.6) is 0 Å². The van der Waals surface area contributed by atoms with Gasteiger partial charge < -0.3 is 14.2 Å². The monoisotopic (exact) mass is 348 g/mol. The average molecular weight is 348 g/mol. The Labute approximate surface area is 127 Å². The molecule has 0 aliphatic heterocycles. The minimum atomic E-state index is -5.84. The fraction of sp³-hybridized carbons (Fsp3) is 0.583. The second-order valence-corrected chi connectivity index (χ2v) is 3.95. The van der Waals surface area contributed by atoms with E-state index in [4.69, 9.17) is 0 Å². The SMILES string of the molecule is C=CC(=O)OCCOC(=O)CCC(=O)OCC(F)(F)C(F)(F)F. The van der Waals surface area contributed by atoms with Crippen LogP contribution in [0.4, 0.5) is 22.0 Å². The first kappa shape index (κ1) is 20.8. The molecule has 23 heavy (non-hydrogen) atoms. The molecule has 0 amide bonds. The van der Waals surface area contributed by atoms with Crippen molar-refractivity contribution in [3.05, 3.63) is 12.7 Å². The first-order valence-electron chi connectivity index (χ1n) is 6.04. The molecule has 0 fully saturated rings. The maximum absolute atomic E-state index is 12.4. The van der Waals surface area contributed by atoms with Crippen LogP contribution in [-0.4, -0.2) is 49.8 Å². The smallest absolute Gasteiger partial charge is 0.456 e. The molecule has 0 rings (SSSR count). The number of carbonyl (C=O) groups is 3. The van der Waals surface area contributed by atoms with E-state index in [0.29, 0.717) is 0 Å². The van der Waals surface area contributed by atoms with Gasteiger partial charge in [0.2, 0.25) is 0 Å². The molecule has 6 nitrogen and oxygen atoms in total. The van der Waals surface area contributed by atoms with Crippen molar-refractivity contribution in [2.24, 2.45) is 0 Å². The van der Waals surface area contributed by atoms with Crippen molar-refractivity contribution < 1.29 is 50.5 Å². The Bertz CT molecular complexity index is 446. The molecular weight excluding hydrogens is 335 g/mol. The molecule has 0 heterocycles. The van der Waals surface area contributed by atoms with Gasteiger partial charge in [0.25, 0.3) is 0 Å². The molecule has 132 valence electrons. The highest BCUT2D eigenvalue weighted by molar-refractivity contribution is 5.81. The lowest BCUT2D eigenvalue weighted by molar-refractivity contribution is -0.294. The second-order valence-electron chi connectivity index (χ2n) is 3.95. The van der Waals surface area contributed by atoms with Crippen molar-refractivity contribution >= 4 is 17.9 Å². The van der Waals surface area contributed by atoms with E-state index in [0.717, 1.165) is 6.08 Å². The maximum atomic E-state index is 12.4. The zero-order valence-corrected chi connectivity index (χ0v) is 11.7. The molecule has 0 aromatic carbocycles. The molecule has 0 spiro atoms. The first-order valence-corrected chi connectivity index (χ1v) is 6.04. The first-order chi connectivity index (χ1) is 10.5. The molecule has 0 aromatic heterocycles. The Balaban J connectivity index is 3.91. The standard InChI is InChI=1S/C12H13F5O6/c1-2-8(18)21-5-6-22-9(19)3-4-10(20)23-7-11(13,14)12(15,16)17/h2H,1,3-7H2. The molecule has 0 N–H and O–H groups in total. The summed E-state index contributed by atoms with van der Waals surface area (Å²) in [4.78, 5) is 32.7. The lowest BCUT2D eigenvalue weighted by atomic mass is 10.3. The molecule has 0 aliphatic rings. The molecule has 0 saturated carbocycles. The Morgan fingerprint density at radius 1 is 0.870 bits per heavy atom. The predicted molar refractivity (Wildman–Crippen MR) is 63.3 cm³/mol. The van der Waals surface area contributed by atoms with Crippen LogP contribution >= 0.6 is 0 Å². The lowest BCUT2D eigenvalue weighted by Gasteiger charge is -2.18. The van der Waals surface area contributed by atoms with E-state index in [1.165, 1.54) is 0 Å². The fourth-order valence-electron chi connectivity index (χ4n) is 0.958. The van der Waals surface area contributed by atoms with E-state index in [9.17, 15) is 36.3 Å². The van der Waals surface area contributed by atoms with Crippen LogP contribution in [0.25, 0.3) is 0 Å². The molecular formula is C12H13F5O6. The van der Waals surface area contributed by atoms with Gasteiger partial charge in [-0.3, -0.25) is 9.59 Å². The molecule has 0 radical (unpaired) electrons. The van der Waals surface area contributed by atoms with Gasteiger partial charge in [0.1, 0.15) is 13.2 Å². The van der Waals surface area contributed by atoms with Crippen LogP contribution in [0.1, 0.15) is 12.8 Å². The van der Waals surface area contributed by atoms with E-state index >= 15 is 0 Å². The number of halogens is 5.